The Kier molecular flexibility index (Phi) is 2.10. The van der Waals surface area contributed by atoms with Gasteiger partial charge in [-0.15, -0.1) is 0 Å². The maximum Gasteiger partial charge on any atom is 0.0158 e. The summed E-state index contributed by atoms with van der Waals surface area (Å²) in [6, 6.07) is 9.20. The summed E-state index contributed by atoms with van der Waals surface area (Å²) in [5, 5.41) is 0. The highest BCUT2D eigenvalue weighted by Crippen LogP contribution is 2.40. The molecule has 0 spiro atoms. The van der Waals surface area contributed by atoms with Gasteiger partial charge >= 0.3 is 0 Å². The first-order valence-corrected chi connectivity index (χ1v) is 6.13. The quantitative estimate of drug-likeness (QED) is 0.796. The van der Waals surface area contributed by atoms with Crippen LogP contribution in [0.5, 0.6) is 0 Å². The lowest BCUT2D eigenvalue weighted by Gasteiger charge is -2.08. The molecule has 2 fully saturated rings. The molecule has 0 aliphatic heterocycles. The molecule has 0 saturated heterocycles. The molecule has 2 aliphatic carbocycles. The molecule has 0 aromatic heterocycles. The van der Waals surface area contributed by atoms with E-state index in [1.807, 2.05) is 0 Å². The fourth-order valence-electron chi connectivity index (χ4n) is 2.18. The van der Waals surface area contributed by atoms with Gasteiger partial charge in [-0.1, -0.05) is 24.3 Å². The van der Waals surface area contributed by atoms with Gasteiger partial charge in [-0.2, -0.15) is 0 Å². The van der Waals surface area contributed by atoms with Crippen molar-refractivity contribution in [1.82, 2.24) is 0 Å². The highest BCUT2D eigenvalue weighted by Gasteiger charge is 2.37. The van der Waals surface area contributed by atoms with Crippen LogP contribution in [0, 0.1) is 0 Å². The number of nitrogens with two attached hydrogens (primary N) is 1. The fourth-order valence-corrected chi connectivity index (χ4v) is 2.18. The van der Waals surface area contributed by atoms with Crippen LogP contribution >= 0.6 is 0 Å². The summed E-state index contributed by atoms with van der Waals surface area (Å²) in [5.41, 5.74) is 9.28. The minimum absolute atomic E-state index is 0.204. The van der Waals surface area contributed by atoms with Crippen LogP contribution in [0.25, 0.3) is 0 Å². The van der Waals surface area contributed by atoms with Crippen LogP contribution in [-0.4, -0.2) is 5.54 Å². The average Bonchev–Trinajstić information content (AvgIpc) is 3.12. The lowest BCUT2D eigenvalue weighted by atomic mass is 10.0. The summed E-state index contributed by atoms with van der Waals surface area (Å²) in [4.78, 5) is 0. The van der Waals surface area contributed by atoms with Crippen LogP contribution in [0.1, 0.15) is 49.1 Å². The smallest absolute Gasteiger partial charge is 0.0158 e. The molecule has 15 heavy (non-hydrogen) atoms. The zero-order chi connectivity index (χ0) is 10.3. The van der Waals surface area contributed by atoms with E-state index in [2.05, 4.69) is 24.3 Å². The van der Waals surface area contributed by atoms with Gasteiger partial charge in [0.2, 0.25) is 0 Å². The lowest BCUT2D eigenvalue weighted by molar-refractivity contribution is 0.609. The van der Waals surface area contributed by atoms with Crippen molar-refractivity contribution >= 4 is 0 Å². The third-order valence-electron chi connectivity index (χ3n) is 3.83. The zero-order valence-electron chi connectivity index (χ0n) is 9.21. The monoisotopic (exact) mass is 201 g/mol. The van der Waals surface area contributed by atoms with Crippen LogP contribution in [0.15, 0.2) is 24.3 Å². The fraction of sp³-hybridized carbons (Fsp3) is 0.571. The van der Waals surface area contributed by atoms with Crippen molar-refractivity contribution in [3.05, 3.63) is 35.4 Å². The van der Waals surface area contributed by atoms with E-state index in [1.165, 1.54) is 36.8 Å². The predicted octanol–water partition coefficient (Wildman–Crippen LogP) is 2.99. The molecule has 3 rings (SSSR count). The third-order valence-corrected chi connectivity index (χ3v) is 3.83. The highest BCUT2D eigenvalue weighted by molar-refractivity contribution is 5.28. The van der Waals surface area contributed by atoms with Gasteiger partial charge in [0.25, 0.3) is 0 Å². The van der Waals surface area contributed by atoms with Crippen molar-refractivity contribution in [1.29, 1.82) is 0 Å². The zero-order valence-corrected chi connectivity index (χ0v) is 9.21. The van der Waals surface area contributed by atoms with Gasteiger partial charge in [0.1, 0.15) is 0 Å². The summed E-state index contributed by atoms with van der Waals surface area (Å²) in [6.45, 7) is 0. The molecule has 2 saturated carbocycles. The first-order valence-electron chi connectivity index (χ1n) is 6.13. The van der Waals surface area contributed by atoms with Crippen LogP contribution in [0.2, 0.25) is 0 Å². The predicted molar refractivity (Wildman–Crippen MR) is 62.9 cm³/mol. The number of rotatable bonds is 4. The minimum Gasteiger partial charge on any atom is -0.325 e. The Morgan fingerprint density at radius 2 is 1.80 bits per heavy atom. The number of hydrogen-bond donors (Lipinski definition) is 1. The van der Waals surface area contributed by atoms with E-state index in [-0.39, 0.29) is 5.54 Å². The standard InChI is InChI=1S/C14H19N/c15-14(9-10-14)8-7-11-1-3-12(4-2-11)13-5-6-13/h1-4,13H,5-10,15H2. The highest BCUT2D eigenvalue weighted by atomic mass is 14.8. The molecule has 2 N–H and O–H groups in total. The molecule has 0 radical (unpaired) electrons. The summed E-state index contributed by atoms with van der Waals surface area (Å²) < 4.78 is 0. The van der Waals surface area contributed by atoms with Crippen molar-refractivity contribution in [3.63, 3.8) is 0 Å². The summed E-state index contributed by atoms with van der Waals surface area (Å²) in [7, 11) is 0. The molecular formula is C14H19N. The van der Waals surface area contributed by atoms with Gasteiger partial charge in [0.05, 0.1) is 0 Å². The van der Waals surface area contributed by atoms with Gasteiger partial charge in [-0.3, -0.25) is 0 Å². The number of aryl methyl sites for hydroxylation is 1. The number of hydrogen-bond acceptors (Lipinski definition) is 1. The molecule has 1 aromatic rings. The van der Waals surface area contributed by atoms with Crippen molar-refractivity contribution < 1.29 is 0 Å². The number of benzene rings is 1. The van der Waals surface area contributed by atoms with Crippen molar-refractivity contribution in [3.8, 4) is 0 Å². The second kappa shape index (κ2) is 3.34. The van der Waals surface area contributed by atoms with Crippen LogP contribution < -0.4 is 5.73 Å². The summed E-state index contributed by atoms with van der Waals surface area (Å²) in [5.74, 6) is 0.878. The minimum atomic E-state index is 0.204. The first kappa shape index (κ1) is 9.41. The molecule has 0 unspecified atom stereocenters. The van der Waals surface area contributed by atoms with Crippen molar-refractivity contribution in [2.45, 2.75) is 50.0 Å². The first-order chi connectivity index (χ1) is 7.25. The summed E-state index contributed by atoms with van der Waals surface area (Å²) >= 11 is 0. The average molecular weight is 201 g/mol. The van der Waals surface area contributed by atoms with Crippen LogP contribution in [0.4, 0.5) is 0 Å². The van der Waals surface area contributed by atoms with Gasteiger partial charge in [-0.25, -0.2) is 0 Å². The molecule has 1 nitrogen and oxygen atoms in total. The Hall–Kier alpha value is -0.820. The second-order valence-electron chi connectivity index (χ2n) is 5.38. The van der Waals surface area contributed by atoms with E-state index >= 15 is 0 Å². The van der Waals surface area contributed by atoms with Gasteiger partial charge in [0.15, 0.2) is 0 Å². The molecular weight excluding hydrogens is 182 g/mol. The van der Waals surface area contributed by atoms with E-state index in [1.54, 1.807) is 0 Å². The van der Waals surface area contributed by atoms with E-state index in [4.69, 9.17) is 5.73 Å². The maximum atomic E-state index is 6.08. The van der Waals surface area contributed by atoms with Crippen LogP contribution in [-0.2, 0) is 6.42 Å². The van der Waals surface area contributed by atoms with E-state index < -0.39 is 0 Å². The van der Waals surface area contributed by atoms with Gasteiger partial charge in [0, 0.05) is 5.54 Å². The van der Waals surface area contributed by atoms with Gasteiger partial charge in [-0.05, 0) is 55.6 Å². The Balaban J connectivity index is 1.60. The third kappa shape index (κ3) is 2.23. The molecule has 0 heterocycles. The van der Waals surface area contributed by atoms with E-state index in [0.29, 0.717) is 0 Å². The largest absolute Gasteiger partial charge is 0.325 e. The topological polar surface area (TPSA) is 26.0 Å². The maximum absolute atomic E-state index is 6.08. The lowest BCUT2D eigenvalue weighted by Crippen LogP contribution is -2.22. The molecule has 2 aliphatic rings. The van der Waals surface area contributed by atoms with Crippen molar-refractivity contribution in [2.24, 2.45) is 5.73 Å². The van der Waals surface area contributed by atoms with Crippen molar-refractivity contribution in [2.75, 3.05) is 0 Å². The Morgan fingerprint density at radius 1 is 1.13 bits per heavy atom. The molecule has 0 atom stereocenters. The molecule has 0 bridgehead atoms. The van der Waals surface area contributed by atoms with Crippen LogP contribution in [0.3, 0.4) is 0 Å². The molecule has 1 aromatic carbocycles. The van der Waals surface area contributed by atoms with E-state index in [0.717, 1.165) is 18.8 Å². The normalized spacial score (nSPS) is 22.7. The van der Waals surface area contributed by atoms with Gasteiger partial charge < -0.3 is 5.73 Å². The Labute approximate surface area is 91.7 Å². The van der Waals surface area contributed by atoms with E-state index in [9.17, 15) is 0 Å². The SMILES string of the molecule is NC1(CCc2ccc(C3CC3)cc2)CC1. The molecule has 0 amide bonds. The Bertz CT molecular complexity index is 344. The molecule has 1 heteroatoms. The summed E-state index contributed by atoms with van der Waals surface area (Å²) in [6.07, 6.45) is 7.56. The second-order valence-corrected chi connectivity index (χ2v) is 5.38. The Morgan fingerprint density at radius 3 is 2.33 bits per heavy atom. The molecule has 80 valence electrons.